The Hall–Kier alpha value is -1.36. The maximum absolute atomic E-state index is 12.5. The van der Waals surface area contributed by atoms with Crippen LogP contribution in [0.25, 0.3) is 0 Å². The zero-order valence-corrected chi connectivity index (χ0v) is 10.5. The van der Waals surface area contributed by atoms with E-state index in [9.17, 15) is 9.90 Å². The van der Waals surface area contributed by atoms with Crippen LogP contribution in [0.3, 0.4) is 0 Å². The molecule has 5 nitrogen and oxygen atoms in total. The van der Waals surface area contributed by atoms with Crippen LogP contribution in [-0.4, -0.2) is 45.3 Å². The number of amides is 1. The number of hydrogen-bond acceptors (Lipinski definition) is 3. The summed E-state index contributed by atoms with van der Waals surface area (Å²) < 4.78 is 0. The van der Waals surface area contributed by atoms with Gasteiger partial charge in [0, 0.05) is 17.8 Å². The Kier molecular flexibility index (Phi) is 3.07. The third-order valence-corrected chi connectivity index (χ3v) is 4.11. The van der Waals surface area contributed by atoms with Crippen LogP contribution in [0.2, 0.25) is 0 Å². The van der Waals surface area contributed by atoms with E-state index in [1.165, 1.54) is 6.42 Å². The second-order valence-electron chi connectivity index (χ2n) is 5.21. The quantitative estimate of drug-likeness (QED) is 0.817. The summed E-state index contributed by atoms with van der Waals surface area (Å²) in [7, 11) is 0. The van der Waals surface area contributed by atoms with Gasteiger partial charge in [-0.3, -0.25) is 9.89 Å². The van der Waals surface area contributed by atoms with E-state index < -0.39 is 0 Å². The molecule has 1 fully saturated rings. The number of likely N-dealkylation sites (tertiary alicyclic amines) is 1. The molecule has 2 aliphatic rings. The minimum absolute atomic E-state index is 0.00838. The molecular formula is C13H19N3O2. The predicted octanol–water partition coefficient (Wildman–Crippen LogP) is 0.885. The average molecular weight is 249 g/mol. The van der Waals surface area contributed by atoms with Crippen molar-refractivity contribution in [2.24, 2.45) is 0 Å². The van der Waals surface area contributed by atoms with Crippen LogP contribution in [0, 0.1) is 0 Å². The lowest BCUT2D eigenvalue weighted by Gasteiger charge is -2.22. The fourth-order valence-electron chi connectivity index (χ4n) is 3.09. The summed E-state index contributed by atoms with van der Waals surface area (Å²) in [5.41, 5.74) is 2.82. The van der Waals surface area contributed by atoms with Gasteiger partial charge in [0.2, 0.25) is 0 Å². The van der Waals surface area contributed by atoms with Crippen LogP contribution in [-0.2, 0) is 12.8 Å². The molecule has 1 amide bonds. The highest BCUT2D eigenvalue weighted by molar-refractivity contribution is 5.94. The SMILES string of the molecule is O=C(c1n[nH]c2c1CCCC2)N1CCC[C@H]1CO. The summed E-state index contributed by atoms with van der Waals surface area (Å²) in [5.74, 6) is -0.00838. The van der Waals surface area contributed by atoms with E-state index in [2.05, 4.69) is 10.2 Å². The summed E-state index contributed by atoms with van der Waals surface area (Å²) in [6.07, 6.45) is 6.13. The number of carbonyl (C=O) groups is 1. The van der Waals surface area contributed by atoms with Crippen LogP contribution in [0.4, 0.5) is 0 Å². The molecule has 0 saturated carbocycles. The summed E-state index contributed by atoms with van der Waals surface area (Å²) in [6, 6.07) is -0.0200. The normalized spacial score (nSPS) is 23.2. The third-order valence-electron chi connectivity index (χ3n) is 4.11. The fraction of sp³-hybridized carbons (Fsp3) is 0.692. The number of fused-ring (bicyclic) bond motifs is 1. The maximum Gasteiger partial charge on any atom is 0.274 e. The fourth-order valence-corrected chi connectivity index (χ4v) is 3.09. The van der Waals surface area contributed by atoms with Crippen molar-refractivity contribution in [1.29, 1.82) is 0 Å². The van der Waals surface area contributed by atoms with Crippen molar-refractivity contribution in [1.82, 2.24) is 15.1 Å². The number of rotatable bonds is 2. The lowest BCUT2D eigenvalue weighted by Crippen LogP contribution is -2.38. The highest BCUT2D eigenvalue weighted by atomic mass is 16.3. The van der Waals surface area contributed by atoms with Crippen molar-refractivity contribution >= 4 is 5.91 Å². The van der Waals surface area contributed by atoms with Gasteiger partial charge in [-0.15, -0.1) is 0 Å². The van der Waals surface area contributed by atoms with Crippen molar-refractivity contribution in [3.63, 3.8) is 0 Å². The molecule has 1 saturated heterocycles. The lowest BCUT2D eigenvalue weighted by atomic mass is 9.95. The largest absolute Gasteiger partial charge is 0.394 e. The van der Waals surface area contributed by atoms with Crippen molar-refractivity contribution in [2.45, 2.75) is 44.6 Å². The van der Waals surface area contributed by atoms with Gasteiger partial charge in [-0.1, -0.05) is 0 Å². The van der Waals surface area contributed by atoms with E-state index in [0.717, 1.165) is 49.9 Å². The molecule has 0 unspecified atom stereocenters. The second-order valence-corrected chi connectivity index (χ2v) is 5.21. The number of aliphatic hydroxyl groups is 1. The monoisotopic (exact) mass is 249 g/mol. The molecule has 5 heteroatoms. The van der Waals surface area contributed by atoms with Gasteiger partial charge in [-0.05, 0) is 38.5 Å². The van der Waals surface area contributed by atoms with Crippen molar-refractivity contribution in [2.75, 3.05) is 13.2 Å². The van der Waals surface area contributed by atoms with Crippen molar-refractivity contribution in [3.05, 3.63) is 17.0 Å². The Morgan fingerprint density at radius 1 is 1.39 bits per heavy atom. The number of aryl methyl sites for hydroxylation is 1. The molecule has 0 bridgehead atoms. The molecule has 2 N–H and O–H groups in total. The number of aliphatic hydroxyl groups excluding tert-OH is 1. The summed E-state index contributed by atoms with van der Waals surface area (Å²) in [5, 5.41) is 16.5. The van der Waals surface area contributed by atoms with E-state index in [4.69, 9.17) is 0 Å². The molecule has 0 radical (unpaired) electrons. The van der Waals surface area contributed by atoms with Crippen LogP contribution >= 0.6 is 0 Å². The van der Waals surface area contributed by atoms with Gasteiger partial charge in [0.1, 0.15) is 0 Å². The Bertz CT molecular complexity index is 455. The van der Waals surface area contributed by atoms with E-state index in [1.54, 1.807) is 4.90 Å². The van der Waals surface area contributed by atoms with Crippen LogP contribution in [0.1, 0.15) is 47.4 Å². The van der Waals surface area contributed by atoms with E-state index in [-0.39, 0.29) is 18.6 Å². The molecular weight excluding hydrogens is 230 g/mol. The Morgan fingerprint density at radius 3 is 3.06 bits per heavy atom. The highest BCUT2D eigenvalue weighted by Gasteiger charge is 2.32. The Balaban J connectivity index is 1.86. The molecule has 1 aromatic rings. The van der Waals surface area contributed by atoms with Gasteiger partial charge in [0.25, 0.3) is 5.91 Å². The molecule has 2 heterocycles. The van der Waals surface area contributed by atoms with Gasteiger partial charge in [-0.2, -0.15) is 5.10 Å². The second kappa shape index (κ2) is 4.72. The van der Waals surface area contributed by atoms with E-state index >= 15 is 0 Å². The molecule has 18 heavy (non-hydrogen) atoms. The zero-order valence-electron chi connectivity index (χ0n) is 10.5. The van der Waals surface area contributed by atoms with Crippen molar-refractivity contribution in [3.8, 4) is 0 Å². The van der Waals surface area contributed by atoms with Crippen LogP contribution < -0.4 is 0 Å². The smallest absolute Gasteiger partial charge is 0.274 e. The number of nitrogens with zero attached hydrogens (tertiary/aromatic N) is 2. The number of aromatic amines is 1. The van der Waals surface area contributed by atoms with Crippen LogP contribution in [0.15, 0.2) is 0 Å². The highest BCUT2D eigenvalue weighted by Crippen LogP contribution is 2.25. The minimum Gasteiger partial charge on any atom is -0.394 e. The third kappa shape index (κ3) is 1.82. The molecule has 1 aromatic heterocycles. The summed E-state index contributed by atoms with van der Waals surface area (Å²) in [4.78, 5) is 14.3. The van der Waals surface area contributed by atoms with E-state index in [1.807, 2.05) is 0 Å². The molecule has 1 atom stereocenters. The topological polar surface area (TPSA) is 69.2 Å². The van der Waals surface area contributed by atoms with Gasteiger partial charge >= 0.3 is 0 Å². The molecule has 1 aliphatic carbocycles. The lowest BCUT2D eigenvalue weighted by molar-refractivity contribution is 0.0670. The first kappa shape index (κ1) is 11.7. The Labute approximate surface area is 106 Å². The Morgan fingerprint density at radius 2 is 2.22 bits per heavy atom. The first-order valence-electron chi connectivity index (χ1n) is 6.79. The van der Waals surface area contributed by atoms with Gasteiger partial charge in [-0.25, -0.2) is 0 Å². The molecule has 98 valence electrons. The molecule has 1 aliphatic heterocycles. The molecule has 3 rings (SSSR count). The van der Waals surface area contributed by atoms with Crippen molar-refractivity contribution < 1.29 is 9.90 Å². The number of nitrogens with one attached hydrogen (secondary N) is 1. The first-order valence-corrected chi connectivity index (χ1v) is 6.79. The van der Waals surface area contributed by atoms with Gasteiger partial charge < -0.3 is 10.0 Å². The zero-order chi connectivity index (χ0) is 12.5. The number of carbonyl (C=O) groups excluding carboxylic acids is 1. The number of H-pyrrole nitrogens is 1. The predicted molar refractivity (Wildman–Crippen MR) is 66.4 cm³/mol. The molecule has 0 aromatic carbocycles. The average Bonchev–Trinajstić information content (AvgIpc) is 3.04. The van der Waals surface area contributed by atoms with Gasteiger partial charge in [0.05, 0.1) is 12.6 Å². The standard InChI is InChI=1S/C13H19N3O2/c17-8-9-4-3-7-16(9)13(18)12-10-5-1-2-6-11(10)14-15-12/h9,17H,1-8H2,(H,14,15)/t9-/m0/s1. The maximum atomic E-state index is 12.5. The first-order chi connectivity index (χ1) is 8.81. The number of aromatic nitrogens is 2. The van der Waals surface area contributed by atoms with Crippen LogP contribution in [0.5, 0.6) is 0 Å². The van der Waals surface area contributed by atoms with Gasteiger partial charge in [0.15, 0.2) is 5.69 Å². The summed E-state index contributed by atoms with van der Waals surface area (Å²) >= 11 is 0. The number of hydrogen-bond donors (Lipinski definition) is 2. The minimum atomic E-state index is -0.0200. The summed E-state index contributed by atoms with van der Waals surface area (Å²) in [6.45, 7) is 0.796. The molecule has 0 spiro atoms. The van der Waals surface area contributed by atoms with E-state index in [0.29, 0.717) is 5.69 Å².